The van der Waals surface area contributed by atoms with Crippen molar-refractivity contribution in [3.05, 3.63) is 34.6 Å². The lowest BCUT2D eigenvalue weighted by molar-refractivity contribution is 0.00713. The summed E-state index contributed by atoms with van der Waals surface area (Å²) in [5.74, 6) is 0.780. The maximum Gasteiger partial charge on any atom is 0.127 e. The van der Waals surface area contributed by atoms with Crippen LogP contribution in [0.4, 0.5) is 4.39 Å². The van der Waals surface area contributed by atoms with Crippen LogP contribution in [0.15, 0.2) is 12.1 Å². The molecule has 1 unspecified atom stereocenters. The summed E-state index contributed by atoms with van der Waals surface area (Å²) in [6, 6.07) is 3.95. The van der Waals surface area contributed by atoms with E-state index in [2.05, 4.69) is 19.9 Å². The summed E-state index contributed by atoms with van der Waals surface area (Å²) in [6.45, 7) is 5.69. The van der Waals surface area contributed by atoms with Gasteiger partial charge < -0.3 is 9.47 Å². The van der Waals surface area contributed by atoms with E-state index in [0.29, 0.717) is 12.7 Å². The molecule has 3 heteroatoms. The molecule has 1 fully saturated rings. The van der Waals surface area contributed by atoms with Crippen LogP contribution >= 0.6 is 0 Å². The van der Waals surface area contributed by atoms with Gasteiger partial charge >= 0.3 is 0 Å². The number of ether oxygens (including phenoxy) is 2. The smallest absolute Gasteiger partial charge is 0.127 e. The first-order chi connectivity index (χ1) is 13.2. The van der Waals surface area contributed by atoms with Gasteiger partial charge in [0.25, 0.3) is 0 Å². The van der Waals surface area contributed by atoms with Gasteiger partial charge in [-0.05, 0) is 87.0 Å². The molecule has 1 aliphatic carbocycles. The average molecular weight is 377 g/mol. The van der Waals surface area contributed by atoms with E-state index in [4.69, 9.17) is 9.47 Å². The molecule has 1 aromatic carbocycles. The lowest BCUT2D eigenvalue weighted by Gasteiger charge is -2.31. The van der Waals surface area contributed by atoms with Gasteiger partial charge in [0, 0.05) is 13.0 Å². The minimum absolute atomic E-state index is 0.00970. The van der Waals surface area contributed by atoms with Crippen molar-refractivity contribution < 1.29 is 13.9 Å². The van der Waals surface area contributed by atoms with Gasteiger partial charge in [0.05, 0.1) is 18.8 Å². The number of aryl methyl sites for hydroxylation is 1. The molecule has 1 aliphatic heterocycles. The second-order valence-corrected chi connectivity index (χ2v) is 8.48. The molecular weight excluding hydrogens is 339 g/mol. The summed E-state index contributed by atoms with van der Waals surface area (Å²) >= 11 is 0. The van der Waals surface area contributed by atoms with Crippen LogP contribution in [0.2, 0.25) is 0 Å². The number of unbranched alkanes of at least 4 members (excludes halogenated alkanes) is 2. The molecular formula is C24H37FO2. The van der Waals surface area contributed by atoms with Gasteiger partial charge in [-0.25, -0.2) is 4.39 Å². The Labute approximate surface area is 164 Å². The number of rotatable bonds is 9. The van der Waals surface area contributed by atoms with Gasteiger partial charge in [0.15, 0.2) is 0 Å². The van der Waals surface area contributed by atoms with Crippen molar-refractivity contribution in [3.63, 3.8) is 0 Å². The van der Waals surface area contributed by atoms with Crippen molar-refractivity contribution in [2.45, 2.75) is 103 Å². The number of halogens is 1. The van der Waals surface area contributed by atoms with Crippen LogP contribution in [0.5, 0.6) is 0 Å². The second-order valence-electron chi connectivity index (χ2n) is 8.48. The molecule has 0 N–H and O–H groups in total. The highest BCUT2D eigenvalue weighted by Crippen LogP contribution is 2.32. The molecule has 0 bridgehead atoms. The molecule has 2 nitrogen and oxygen atoms in total. The summed E-state index contributed by atoms with van der Waals surface area (Å²) in [5.41, 5.74) is 3.12. The maximum absolute atomic E-state index is 14.7. The predicted octanol–water partition coefficient (Wildman–Crippen LogP) is 6.38. The van der Waals surface area contributed by atoms with Crippen molar-refractivity contribution in [2.24, 2.45) is 5.92 Å². The first-order valence-electron chi connectivity index (χ1n) is 11.2. The van der Waals surface area contributed by atoms with Crippen LogP contribution in [0.3, 0.4) is 0 Å². The van der Waals surface area contributed by atoms with Crippen LogP contribution in [-0.4, -0.2) is 18.8 Å². The third-order valence-electron chi connectivity index (χ3n) is 6.42. The van der Waals surface area contributed by atoms with E-state index in [-0.39, 0.29) is 11.9 Å². The number of benzene rings is 1. The molecule has 0 amide bonds. The van der Waals surface area contributed by atoms with E-state index in [1.165, 1.54) is 44.9 Å². The third-order valence-corrected chi connectivity index (χ3v) is 6.42. The van der Waals surface area contributed by atoms with Crippen molar-refractivity contribution in [1.29, 1.82) is 0 Å². The van der Waals surface area contributed by atoms with Crippen LogP contribution in [0.1, 0.15) is 88.3 Å². The topological polar surface area (TPSA) is 18.5 Å². The van der Waals surface area contributed by atoms with E-state index in [9.17, 15) is 4.39 Å². The minimum Gasteiger partial charge on any atom is -0.379 e. The van der Waals surface area contributed by atoms with Gasteiger partial charge in [0.2, 0.25) is 0 Å². The normalized spacial score (nSPS) is 25.4. The highest BCUT2D eigenvalue weighted by atomic mass is 19.1. The summed E-state index contributed by atoms with van der Waals surface area (Å²) in [7, 11) is 0. The van der Waals surface area contributed by atoms with Gasteiger partial charge in [0.1, 0.15) is 5.82 Å². The van der Waals surface area contributed by atoms with Gasteiger partial charge in [-0.15, -0.1) is 0 Å². The second kappa shape index (κ2) is 10.6. The van der Waals surface area contributed by atoms with Gasteiger partial charge in [-0.2, -0.15) is 0 Å². The Bertz CT molecular complexity index is 578. The quantitative estimate of drug-likeness (QED) is 0.466. The minimum atomic E-state index is -0.00970. The van der Waals surface area contributed by atoms with E-state index < -0.39 is 0 Å². The van der Waals surface area contributed by atoms with Crippen LogP contribution < -0.4 is 0 Å². The Morgan fingerprint density at radius 3 is 2.63 bits per heavy atom. The Kier molecular flexibility index (Phi) is 8.14. The number of hydrogen-bond donors (Lipinski definition) is 0. The molecule has 27 heavy (non-hydrogen) atoms. The number of fused-ring (bicyclic) bond motifs is 1. The Morgan fingerprint density at radius 2 is 1.89 bits per heavy atom. The standard InChI is InChI=1S/C24H37FO2/c1-3-5-6-7-19-14-20-17-27-22(16-23(20)24(25)15-19)13-10-18-8-11-21(12-9-18)26-4-2/h14-15,18,21-22H,3-13,16-17H2,1-2H3. The highest BCUT2D eigenvalue weighted by Gasteiger charge is 2.26. The fourth-order valence-electron chi connectivity index (χ4n) is 4.76. The number of hydrogen-bond acceptors (Lipinski definition) is 2. The zero-order valence-corrected chi connectivity index (χ0v) is 17.3. The molecule has 0 aromatic heterocycles. The zero-order valence-electron chi connectivity index (χ0n) is 17.3. The zero-order chi connectivity index (χ0) is 19.1. The van der Waals surface area contributed by atoms with Crippen molar-refractivity contribution in [3.8, 4) is 0 Å². The summed E-state index contributed by atoms with van der Waals surface area (Å²) in [4.78, 5) is 0. The fourth-order valence-corrected chi connectivity index (χ4v) is 4.76. The van der Waals surface area contributed by atoms with Crippen LogP contribution in [0, 0.1) is 11.7 Å². The first kappa shape index (κ1) is 20.8. The molecule has 3 rings (SSSR count). The third kappa shape index (κ3) is 6.02. The van der Waals surface area contributed by atoms with E-state index in [1.54, 1.807) is 6.07 Å². The Hall–Kier alpha value is -0.930. The van der Waals surface area contributed by atoms with Crippen LogP contribution in [0.25, 0.3) is 0 Å². The molecule has 0 spiro atoms. The molecule has 1 aromatic rings. The summed E-state index contributed by atoms with van der Waals surface area (Å²) in [5, 5.41) is 0. The van der Waals surface area contributed by atoms with Crippen molar-refractivity contribution in [1.82, 2.24) is 0 Å². The molecule has 1 atom stereocenters. The molecule has 1 heterocycles. The van der Waals surface area contributed by atoms with Crippen molar-refractivity contribution >= 4 is 0 Å². The van der Waals surface area contributed by atoms with Crippen molar-refractivity contribution in [2.75, 3.05) is 6.61 Å². The molecule has 0 saturated heterocycles. The lowest BCUT2D eigenvalue weighted by Crippen LogP contribution is -2.26. The average Bonchev–Trinajstić information content (AvgIpc) is 2.68. The monoisotopic (exact) mass is 376 g/mol. The largest absolute Gasteiger partial charge is 0.379 e. The fraction of sp³-hybridized carbons (Fsp3) is 0.750. The first-order valence-corrected chi connectivity index (χ1v) is 11.2. The lowest BCUT2D eigenvalue weighted by atomic mass is 9.83. The van der Waals surface area contributed by atoms with E-state index >= 15 is 0 Å². The van der Waals surface area contributed by atoms with E-state index in [0.717, 1.165) is 54.9 Å². The molecule has 1 saturated carbocycles. The molecule has 152 valence electrons. The summed E-state index contributed by atoms with van der Waals surface area (Å²) in [6.07, 6.45) is 13.1. The summed E-state index contributed by atoms with van der Waals surface area (Å²) < 4.78 is 26.5. The molecule has 0 radical (unpaired) electrons. The van der Waals surface area contributed by atoms with E-state index in [1.807, 2.05) is 0 Å². The molecule has 2 aliphatic rings. The Morgan fingerprint density at radius 1 is 1.07 bits per heavy atom. The maximum atomic E-state index is 14.7. The predicted molar refractivity (Wildman–Crippen MR) is 109 cm³/mol. The highest BCUT2D eigenvalue weighted by molar-refractivity contribution is 5.35. The Balaban J connectivity index is 1.47. The SMILES string of the molecule is CCCCCc1cc(F)c2c(c1)COC(CCC1CCC(OCC)CC1)C2. The van der Waals surface area contributed by atoms with Gasteiger partial charge in [-0.3, -0.25) is 0 Å². The van der Waals surface area contributed by atoms with Crippen LogP contribution in [-0.2, 0) is 28.9 Å². The van der Waals surface area contributed by atoms with Gasteiger partial charge in [-0.1, -0.05) is 25.8 Å².